The van der Waals surface area contributed by atoms with E-state index >= 15 is 0 Å². The van der Waals surface area contributed by atoms with Crippen molar-refractivity contribution < 1.29 is 32.2 Å². The van der Waals surface area contributed by atoms with Crippen molar-refractivity contribution >= 4 is 27.4 Å². The van der Waals surface area contributed by atoms with Gasteiger partial charge in [0, 0.05) is 12.0 Å². The van der Waals surface area contributed by atoms with Gasteiger partial charge >= 0.3 is 5.97 Å². The van der Waals surface area contributed by atoms with Gasteiger partial charge < -0.3 is 4.74 Å². The van der Waals surface area contributed by atoms with Gasteiger partial charge in [-0.3, -0.25) is 4.72 Å². The quantitative estimate of drug-likeness (QED) is 0.455. The first kappa shape index (κ1) is 20.2. The first-order valence-electron chi connectivity index (χ1n) is 8.95. The summed E-state index contributed by atoms with van der Waals surface area (Å²) < 4.78 is 59.6. The molecule has 4 rings (SSSR count). The maximum Gasteiger partial charge on any atom is 0.340 e. The molecular formula is C18H18F2N5O4S+. The Labute approximate surface area is 170 Å². The second kappa shape index (κ2) is 7.63. The van der Waals surface area contributed by atoms with Gasteiger partial charge in [-0.05, 0) is 31.0 Å². The fourth-order valence-corrected chi connectivity index (χ4v) is 3.91. The number of nitrogens with two attached hydrogens (primary N) is 1. The molecule has 0 saturated heterocycles. The molecule has 12 heteroatoms. The number of sulfonamides is 1. The summed E-state index contributed by atoms with van der Waals surface area (Å²) in [6.07, 6.45) is 5.56. The Morgan fingerprint density at radius 1 is 1.30 bits per heavy atom. The maximum atomic E-state index is 14.2. The molecule has 2 aromatic rings. The molecule has 2 heterocycles. The molecule has 1 aliphatic carbocycles. The van der Waals surface area contributed by atoms with E-state index in [9.17, 15) is 22.0 Å². The minimum absolute atomic E-state index is 0.377. The monoisotopic (exact) mass is 438 g/mol. The van der Waals surface area contributed by atoms with Crippen LogP contribution in [0.5, 0.6) is 0 Å². The van der Waals surface area contributed by atoms with Crippen LogP contribution < -0.4 is 20.7 Å². The number of pyridine rings is 1. The van der Waals surface area contributed by atoms with Crippen LogP contribution >= 0.6 is 0 Å². The van der Waals surface area contributed by atoms with Crippen molar-refractivity contribution in [1.82, 2.24) is 10.5 Å². The van der Waals surface area contributed by atoms with Gasteiger partial charge in [-0.25, -0.2) is 29.0 Å². The van der Waals surface area contributed by atoms with E-state index in [1.807, 2.05) is 16.3 Å². The SMILES string of the molecule is COC(=O)c1cc(F)c(NS(=O)(=O)c2ccc(N3C=C(C4CC4)[NH2+]N3)cn2)cc1F. The van der Waals surface area contributed by atoms with E-state index in [1.54, 1.807) is 5.01 Å². The van der Waals surface area contributed by atoms with E-state index in [-0.39, 0.29) is 5.03 Å². The summed E-state index contributed by atoms with van der Waals surface area (Å²) in [6.45, 7) is 0. The number of anilines is 2. The summed E-state index contributed by atoms with van der Waals surface area (Å²) in [5.41, 5.74) is 5.43. The molecule has 9 nitrogen and oxygen atoms in total. The van der Waals surface area contributed by atoms with E-state index in [0.29, 0.717) is 23.7 Å². The van der Waals surface area contributed by atoms with E-state index in [4.69, 9.17) is 0 Å². The number of hydrazine groups is 1. The van der Waals surface area contributed by atoms with Crippen LogP contribution in [0, 0.1) is 17.6 Å². The van der Waals surface area contributed by atoms with Gasteiger partial charge in [0.15, 0.2) is 5.03 Å². The summed E-state index contributed by atoms with van der Waals surface area (Å²) in [5.74, 6) is -2.78. The van der Waals surface area contributed by atoms with Crippen molar-refractivity contribution in [2.45, 2.75) is 17.9 Å². The highest BCUT2D eigenvalue weighted by Gasteiger charge is 2.33. The van der Waals surface area contributed by atoms with Crippen molar-refractivity contribution in [3.63, 3.8) is 0 Å². The van der Waals surface area contributed by atoms with Crippen molar-refractivity contribution in [2.75, 3.05) is 16.8 Å². The van der Waals surface area contributed by atoms with Crippen molar-refractivity contribution in [2.24, 2.45) is 5.92 Å². The lowest BCUT2D eigenvalue weighted by molar-refractivity contribution is -0.660. The van der Waals surface area contributed by atoms with Gasteiger partial charge in [0.05, 0.1) is 36.4 Å². The number of nitrogens with zero attached hydrogens (tertiary/aromatic N) is 2. The van der Waals surface area contributed by atoms with Crippen molar-refractivity contribution in [1.29, 1.82) is 0 Å². The summed E-state index contributed by atoms with van der Waals surface area (Å²) >= 11 is 0. The molecule has 0 unspecified atom stereocenters. The number of hydrogen-bond donors (Lipinski definition) is 3. The molecule has 1 aromatic carbocycles. The molecule has 1 fully saturated rings. The molecule has 0 spiro atoms. The number of benzene rings is 1. The fourth-order valence-electron chi connectivity index (χ4n) is 2.92. The highest BCUT2D eigenvalue weighted by Crippen LogP contribution is 2.34. The number of carbonyl (C=O) groups is 1. The van der Waals surface area contributed by atoms with Crippen molar-refractivity contribution in [3.8, 4) is 0 Å². The number of allylic oxidation sites excluding steroid dienone is 1. The minimum atomic E-state index is -4.29. The van der Waals surface area contributed by atoms with Gasteiger partial charge in [0.25, 0.3) is 10.0 Å². The molecule has 1 aromatic heterocycles. The van der Waals surface area contributed by atoms with Crippen LogP contribution in [0.3, 0.4) is 0 Å². The number of ether oxygens (including phenoxy) is 1. The lowest BCUT2D eigenvalue weighted by atomic mass is 10.2. The Kier molecular flexibility index (Phi) is 5.13. The average Bonchev–Trinajstić information content (AvgIpc) is 3.46. The van der Waals surface area contributed by atoms with Gasteiger partial charge in [0.2, 0.25) is 0 Å². The lowest BCUT2D eigenvalue weighted by Gasteiger charge is -2.13. The third-order valence-corrected chi connectivity index (χ3v) is 5.96. The number of aromatic nitrogens is 1. The van der Waals surface area contributed by atoms with Crippen LogP contribution in [0.4, 0.5) is 20.2 Å². The number of nitrogens with one attached hydrogen (secondary N) is 2. The van der Waals surface area contributed by atoms with E-state index in [2.05, 4.69) is 15.3 Å². The van der Waals surface area contributed by atoms with E-state index < -0.39 is 38.9 Å². The Hall–Kier alpha value is -3.09. The Balaban J connectivity index is 1.53. The first-order chi connectivity index (χ1) is 14.3. The standard InChI is InChI=1S/C18H17F2N5O4S/c1-29-18(26)12-6-14(20)15(7-13(12)19)23-30(27,28)17-5-4-11(8-21-17)25-9-16(22-24-25)10-2-3-10/h4-10,22-24H,2-3H2,1H3/p+1. The molecule has 1 aliphatic heterocycles. The fraction of sp³-hybridized carbons (Fsp3) is 0.222. The second-order valence-electron chi connectivity index (χ2n) is 6.81. The molecule has 0 atom stereocenters. The third kappa shape index (κ3) is 3.97. The number of rotatable bonds is 6. The van der Waals surface area contributed by atoms with Crippen LogP contribution in [-0.2, 0) is 14.8 Å². The van der Waals surface area contributed by atoms with Crippen LogP contribution in [0.25, 0.3) is 0 Å². The van der Waals surface area contributed by atoms with Gasteiger partial charge in [-0.2, -0.15) is 8.42 Å². The Morgan fingerprint density at radius 3 is 2.70 bits per heavy atom. The molecule has 0 amide bonds. The van der Waals surface area contributed by atoms with Crippen LogP contribution in [-0.4, -0.2) is 26.5 Å². The number of quaternary nitrogens is 1. The summed E-state index contributed by atoms with van der Waals surface area (Å²) in [5, 5.41) is 1.34. The van der Waals surface area contributed by atoms with Crippen LogP contribution in [0.15, 0.2) is 47.4 Å². The number of hydrogen-bond acceptors (Lipinski definition) is 7. The zero-order valence-corrected chi connectivity index (χ0v) is 16.5. The second-order valence-corrected chi connectivity index (χ2v) is 8.44. The predicted molar refractivity (Wildman–Crippen MR) is 101 cm³/mol. The minimum Gasteiger partial charge on any atom is -0.465 e. The van der Waals surface area contributed by atoms with Crippen LogP contribution in [0.2, 0.25) is 0 Å². The highest BCUT2D eigenvalue weighted by molar-refractivity contribution is 7.92. The Bertz CT molecular complexity index is 1130. The van der Waals surface area contributed by atoms with Gasteiger partial charge in [-0.1, -0.05) is 5.53 Å². The maximum absolute atomic E-state index is 14.2. The van der Waals surface area contributed by atoms with Crippen LogP contribution in [0.1, 0.15) is 23.2 Å². The third-order valence-electron chi connectivity index (χ3n) is 4.68. The molecule has 0 bridgehead atoms. The van der Waals surface area contributed by atoms with E-state index in [1.165, 1.54) is 24.0 Å². The number of halogens is 2. The summed E-state index contributed by atoms with van der Waals surface area (Å²) in [6, 6.07) is 3.92. The van der Waals surface area contributed by atoms with Gasteiger partial charge in [-0.15, -0.1) is 0 Å². The first-order valence-corrected chi connectivity index (χ1v) is 10.4. The summed E-state index contributed by atoms with van der Waals surface area (Å²) in [7, 11) is -3.27. The molecular weight excluding hydrogens is 420 g/mol. The molecule has 1 saturated carbocycles. The molecule has 2 aliphatic rings. The normalized spacial score (nSPS) is 16.4. The Morgan fingerprint density at radius 2 is 2.07 bits per heavy atom. The van der Waals surface area contributed by atoms with Crippen molar-refractivity contribution in [3.05, 3.63) is 59.6 Å². The molecule has 4 N–H and O–H groups in total. The molecule has 0 radical (unpaired) electrons. The predicted octanol–water partition coefficient (Wildman–Crippen LogP) is 1.00. The van der Waals surface area contributed by atoms with E-state index in [0.717, 1.165) is 20.0 Å². The smallest absolute Gasteiger partial charge is 0.340 e. The zero-order chi connectivity index (χ0) is 21.5. The largest absolute Gasteiger partial charge is 0.465 e. The number of carbonyl (C=O) groups excluding carboxylic acids is 1. The number of esters is 1. The highest BCUT2D eigenvalue weighted by atomic mass is 32.2. The van der Waals surface area contributed by atoms with Gasteiger partial charge in [0.1, 0.15) is 17.3 Å². The topological polar surface area (TPSA) is 117 Å². The average molecular weight is 438 g/mol. The molecule has 30 heavy (non-hydrogen) atoms. The zero-order valence-electron chi connectivity index (χ0n) is 15.7. The number of methoxy groups -OCH3 is 1. The molecule has 158 valence electrons. The lowest BCUT2D eigenvalue weighted by Crippen LogP contribution is -2.91. The summed E-state index contributed by atoms with van der Waals surface area (Å²) in [4.78, 5) is 15.3.